The molecule has 5 aromatic rings. The van der Waals surface area contributed by atoms with E-state index in [4.69, 9.17) is 9.47 Å². The number of hydrogen-bond acceptors (Lipinski definition) is 3. The number of nitrogens with zero attached hydrogens (tertiary/aromatic N) is 1. The highest BCUT2D eigenvalue weighted by atomic mass is 16.5. The molecule has 1 aromatic heterocycles. The van der Waals surface area contributed by atoms with Crippen LogP contribution in [0.5, 0.6) is 17.2 Å². The summed E-state index contributed by atoms with van der Waals surface area (Å²) in [5.41, 5.74) is 4.30. The quantitative estimate of drug-likeness (QED) is 0.417. The SMILES string of the molecule is COc1cc2c(O)cc3c(c2cc1OC)c1ccc(C)cc1n3-c1ccccc1. The summed E-state index contributed by atoms with van der Waals surface area (Å²) in [6.07, 6.45) is 0. The summed E-state index contributed by atoms with van der Waals surface area (Å²) >= 11 is 0. The highest BCUT2D eigenvalue weighted by Gasteiger charge is 2.19. The first kappa shape index (κ1) is 17.4. The Morgan fingerprint density at radius 2 is 1.41 bits per heavy atom. The fourth-order valence-electron chi connectivity index (χ4n) is 4.20. The second-order valence-corrected chi connectivity index (χ2v) is 7.23. The molecule has 0 aliphatic heterocycles. The van der Waals surface area contributed by atoms with Crippen molar-refractivity contribution in [2.75, 3.05) is 14.2 Å². The second-order valence-electron chi connectivity index (χ2n) is 7.23. The highest BCUT2D eigenvalue weighted by Crippen LogP contribution is 2.44. The summed E-state index contributed by atoms with van der Waals surface area (Å²) in [5.74, 6) is 1.45. The number of benzene rings is 4. The number of hydrogen-bond donors (Lipinski definition) is 1. The van der Waals surface area contributed by atoms with Gasteiger partial charge in [-0.15, -0.1) is 0 Å². The van der Waals surface area contributed by atoms with Gasteiger partial charge in [-0.2, -0.15) is 0 Å². The Bertz CT molecular complexity index is 1380. The molecule has 0 unspecified atom stereocenters. The zero-order valence-corrected chi connectivity index (χ0v) is 16.6. The van der Waals surface area contributed by atoms with Gasteiger partial charge in [0.25, 0.3) is 0 Å². The molecule has 1 N–H and O–H groups in total. The van der Waals surface area contributed by atoms with Gasteiger partial charge in [-0.25, -0.2) is 0 Å². The summed E-state index contributed by atoms with van der Waals surface area (Å²) in [7, 11) is 3.23. The molecule has 0 bridgehead atoms. The van der Waals surface area contributed by atoms with Gasteiger partial charge in [0, 0.05) is 27.9 Å². The van der Waals surface area contributed by atoms with Crippen LogP contribution in [-0.2, 0) is 0 Å². The van der Waals surface area contributed by atoms with Crippen molar-refractivity contribution in [1.82, 2.24) is 4.57 Å². The number of fused-ring (bicyclic) bond motifs is 5. The first-order valence-corrected chi connectivity index (χ1v) is 9.50. The predicted octanol–water partition coefficient (Wildman–Crippen LogP) is 5.97. The summed E-state index contributed by atoms with van der Waals surface area (Å²) in [6.45, 7) is 2.09. The molecule has 0 atom stereocenters. The van der Waals surface area contributed by atoms with Gasteiger partial charge in [0.15, 0.2) is 11.5 Å². The molecular weight excluding hydrogens is 362 g/mol. The van der Waals surface area contributed by atoms with E-state index in [1.807, 2.05) is 36.4 Å². The van der Waals surface area contributed by atoms with Crippen molar-refractivity contribution < 1.29 is 14.6 Å². The summed E-state index contributed by atoms with van der Waals surface area (Å²) in [4.78, 5) is 0. The number of rotatable bonds is 3. The van der Waals surface area contributed by atoms with Gasteiger partial charge in [0.05, 0.1) is 25.3 Å². The monoisotopic (exact) mass is 383 g/mol. The van der Waals surface area contributed by atoms with Crippen LogP contribution in [0.15, 0.2) is 66.7 Å². The van der Waals surface area contributed by atoms with Gasteiger partial charge < -0.3 is 19.1 Å². The lowest BCUT2D eigenvalue weighted by molar-refractivity contribution is 0.355. The molecule has 0 aliphatic carbocycles. The van der Waals surface area contributed by atoms with E-state index >= 15 is 0 Å². The maximum Gasteiger partial charge on any atom is 0.161 e. The van der Waals surface area contributed by atoms with Crippen LogP contribution in [0.4, 0.5) is 0 Å². The molecular formula is C25H21NO3. The molecule has 4 nitrogen and oxygen atoms in total. The highest BCUT2D eigenvalue weighted by molar-refractivity contribution is 6.23. The lowest BCUT2D eigenvalue weighted by atomic mass is 10.0. The lowest BCUT2D eigenvalue weighted by Gasteiger charge is -2.12. The number of ether oxygens (including phenoxy) is 2. The normalized spacial score (nSPS) is 11.4. The minimum absolute atomic E-state index is 0.213. The van der Waals surface area contributed by atoms with Gasteiger partial charge in [-0.3, -0.25) is 0 Å². The molecule has 0 saturated heterocycles. The number of phenolic OH excluding ortho intramolecular Hbond substituents is 1. The molecule has 0 saturated carbocycles. The third-order valence-corrected chi connectivity index (χ3v) is 5.52. The third-order valence-electron chi connectivity index (χ3n) is 5.52. The topological polar surface area (TPSA) is 43.6 Å². The van der Waals surface area contributed by atoms with Crippen LogP contribution in [-0.4, -0.2) is 23.9 Å². The lowest BCUT2D eigenvalue weighted by Crippen LogP contribution is -1.94. The van der Waals surface area contributed by atoms with Crippen LogP contribution in [0.2, 0.25) is 0 Å². The van der Waals surface area contributed by atoms with Crippen molar-refractivity contribution >= 4 is 32.6 Å². The molecule has 4 aromatic carbocycles. The molecule has 0 spiro atoms. The van der Waals surface area contributed by atoms with Gasteiger partial charge in [0.2, 0.25) is 0 Å². The smallest absolute Gasteiger partial charge is 0.161 e. The number of methoxy groups -OCH3 is 2. The van der Waals surface area contributed by atoms with E-state index < -0.39 is 0 Å². The minimum Gasteiger partial charge on any atom is -0.507 e. The number of aromatic nitrogens is 1. The second kappa shape index (κ2) is 6.45. The Balaban J connectivity index is 2.04. The zero-order chi connectivity index (χ0) is 20.1. The molecule has 5 rings (SSSR count). The molecule has 0 amide bonds. The largest absolute Gasteiger partial charge is 0.507 e. The molecule has 29 heavy (non-hydrogen) atoms. The van der Waals surface area contributed by atoms with Crippen LogP contribution >= 0.6 is 0 Å². The Hall–Kier alpha value is -3.66. The fourth-order valence-corrected chi connectivity index (χ4v) is 4.20. The maximum atomic E-state index is 10.9. The van der Waals surface area contributed by atoms with Gasteiger partial charge in [0.1, 0.15) is 5.75 Å². The Kier molecular flexibility index (Phi) is 3.88. The van der Waals surface area contributed by atoms with Crippen LogP contribution in [0.25, 0.3) is 38.3 Å². The Morgan fingerprint density at radius 3 is 2.10 bits per heavy atom. The number of phenols is 1. The minimum atomic E-state index is 0.213. The van der Waals surface area contributed by atoms with Crippen LogP contribution in [0.1, 0.15) is 5.56 Å². The fraction of sp³-hybridized carbons (Fsp3) is 0.120. The van der Waals surface area contributed by atoms with Crippen molar-refractivity contribution in [2.45, 2.75) is 6.92 Å². The maximum absolute atomic E-state index is 10.9. The van der Waals surface area contributed by atoms with Crippen LogP contribution < -0.4 is 9.47 Å². The van der Waals surface area contributed by atoms with Gasteiger partial charge in [-0.1, -0.05) is 30.3 Å². The zero-order valence-electron chi connectivity index (χ0n) is 16.6. The Labute approximate surface area is 168 Å². The summed E-state index contributed by atoms with van der Waals surface area (Å²) < 4.78 is 13.2. The van der Waals surface area contributed by atoms with E-state index in [9.17, 15) is 5.11 Å². The molecule has 0 fully saturated rings. The molecule has 144 valence electrons. The van der Waals surface area contributed by atoms with Crippen molar-refractivity contribution in [1.29, 1.82) is 0 Å². The average Bonchev–Trinajstić information content (AvgIpc) is 3.06. The molecule has 4 heteroatoms. The number of aromatic hydroxyl groups is 1. The Morgan fingerprint density at radius 1 is 0.724 bits per heavy atom. The van der Waals surface area contributed by atoms with Crippen LogP contribution in [0, 0.1) is 6.92 Å². The molecule has 1 heterocycles. The number of aryl methyl sites for hydroxylation is 1. The summed E-state index contributed by atoms with van der Waals surface area (Å²) in [5, 5.41) is 14.8. The van der Waals surface area contributed by atoms with Gasteiger partial charge >= 0.3 is 0 Å². The van der Waals surface area contributed by atoms with E-state index in [-0.39, 0.29) is 5.75 Å². The standard InChI is InChI=1S/C25H21NO3/c1-15-9-10-17-20(11-15)26(16-7-5-4-6-8-16)21-14-22(27)18-12-23(28-2)24(29-3)13-19(18)25(17)21/h4-14,27H,1-3H3. The van der Waals surface area contributed by atoms with Crippen molar-refractivity contribution in [3.63, 3.8) is 0 Å². The van der Waals surface area contributed by atoms with Crippen molar-refractivity contribution in [3.05, 3.63) is 72.3 Å². The third kappa shape index (κ3) is 2.53. The summed E-state index contributed by atoms with van der Waals surface area (Å²) in [6, 6.07) is 22.3. The van der Waals surface area contributed by atoms with E-state index in [2.05, 4.69) is 41.8 Å². The number of para-hydroxylation sites is 1. The van der Waals surface area contributed by atoms with Crippen LogP contribution in [0.3, 0.4) is 0 Å². The van der Waals surface area contributed by atoms with Crippen molar-refractivity contribution in [3.8, 4) is 22.9 Å². The van der Waals surface area contributed by atoms with E-state index in [1.165, 1.54) is 5.56 Å². The van der Waals surface area contributed by atoms with Crippen molar-refractivity contribution in [2.24, 2.45) is 0 Å². The average molecular weight is 383 g/mol. The van der Waals surface area contributed by atoms with E-state index in [1.54, 1.807) is 14.2 Å². The first-order chi connectivity index (χ1) is 14.1. The van der Waals surface area contributed by atoms with Gasteiger partial charge in [-0.05, 0) is 48.2 Å². The molecule has 0 aliphatic rings. The van der Waals surface area contributed by atoms with E-state index in [0.29, 0.717) is 11.5 Å². The first-order valence-electron chi connectivity index (χ1n) is 9.50. The van der Waals surface area contributed by atoms with E-state index in [0.717, 1.165) is 38.3 Å². The predicted molar refractivity (Wildman–Crippen MR) is 118 cm³/mol. The molecule has 0 radical (unpaired) electrons.